The summed E-state index contributed by atoms with van der Waals surface area (Å²) in [6, 6.07) is 9.49. The number of carbonyl (C=O) groups excluding carboxylic acids is 1. The zero-order valence-electron chi connectivity index (χ0n) is 16.9. The first-order chi connectivity index (χ1) is 14.3. The highest BCUT2D eigenvalue weighted by Crippen LogP contribution is 2.29. The van der Waals surface area contributed by atoms with Crippen LogP contribution in [0, 0.1) is 5.92 Å². The van der Waals surface area contributed by atoms with Crippen LogP contribution in [-0.4, -0.2) is 42.7 Å². The fraction of sp³-hybridized carbons (Fsp3) is 0.429. The van der Waals surface area contributed by atoms with E-state index in [0.717, 1.165) is 31.2 Å². The van der Waals surface area contributed by atoms with E-state index in [1.165, 1.54) is 16.4 Å². The zero-order valence-corrected chi connectivity index (χ0v) is 18.5. The minimum absolute atomic E-state index is 0.206. The van der Waals surface area contributed by atoms with Crippen LogP contribution in [0.2, 0.25) is 0 Å². The Bertz CT molecular complexity index is 930. The van der Waals surface area contributed by atoms with E-state index in [1.54, 1.807) is 37.6 Å². The minimum atomic E-state index is -3.58. The van der Waals surface area contributed by atoms with Gasteiger partial charge < -0.3 is 10.6 Å². The predicted octanol–water partition coefficient (Wildman–Crippen LogP) is 3.82. The van der Waals surface area contributed by atoms with Gasteiger partial charge in [0.05, 0.1) is 4.90 Å². The number of anilines is 1. The van der Waals surface area contributed by atoms with Gasteiger partial charge in [-0.2, -0.15) is 0 Å². The molecule has 2 N–H and O–H groups in total. The van der Waals surface area contributed by atoms with Crippen molar-refractivity contribution in [2.45, 2.75) is 42.5 Å². The molecule has 0 aliphatic heterocycles. The lowest BCUT2D eigenvalue weighted by Gasteiger charge is -2.28. The first-order valence-corrected chi connectivity index (χ1v) is 11.9. The van der Waals surface area contributed by atoms with E-state index >= 15 is 0 Å². The SMILES string of the molecule is CN(CC1CCC(Cl)CC1)S(=O)(=O)c1ccc(NC(=O)NCc2cccnc2)cc1. The van der Waals surface area contributed by atoms with Crippen LogP contribution in [0.3, 0.4) is 0 Å². The molecule has 7 nitrogen and oxygen atoms in total. The lowest BCUT2D eigenvalue weighted by Crippen LogP contribution is -2.33. The maximum atomic E-state index is 12.9. The molecule has 1 aliphatic rings. The number of amides is 2. The number of pyridine rings is 1. The number of nitrogens with zero attached hydrogens (tertiary/aromatic N) is 2. The van der Waals surface area contributed by atoms with Gasteiger partial charge in [0.25, 0.3) is 0 Å². The van der Waals surface area contributed by atoms with Crippen LogP contribution >= 0.6 is 11.6 Å². The van der Waals surface area contributed by atoms with E-state index in [0.29, 0.717) is 24.7 Å². The number of aromatic nitrogens is 1. The van der Waals surface area contributed by atoms with Gasteiger partial charge in [-0.15, -0.1) is 11.6 Å². The molecule has 162 valence electrons. The monoisotopic (exact) mass is 450 g/mol. The third-order valence-electron chi connectivity index (χ3n) is 5.29. The Hall–Kier alpha value is -2.16. The number of alkyl halides is 1. The zero-order chi connectivity index (χ0) is 21.6. The second-order valence-electron chi connectivity index (χ2n) is 7.60. The molecule has 3 rings (SSSR count). The first kappa shape index (κ1) is 22.5. The first-order valence-electron chi connectivity index (χ1n) is 9.99. The van der Waals surface area contributed by atoms with E-state index < -0.39 is 10.0 Å². The number of nitrogens with one attached hydrogen (secondary N) is 2. The summed E-state index contributed by atoms with van der Waals surface area (Å²) in [5.74, 6) is 0.337. The second-order valence-corrected chi connectivity index (χ2v) is 10.3. The average molecular weight is 451 g/mol. The van der Waals surface area contributed by atoms with E-state index in [1.807, 2.05) is 6.07 Å². The van der Waals surface area contributed by atoms with Gasteiger partial charge in [-0.05, 0) is 67.5 Å². The Labute approximate surface area is 182 Å². The number of urea groups is 1. The lowest BCUT2D eigenvalue weighted by atomic mass is 9.89. The fourth-order valence-corrected chi connectivity index (χ4v) is 5.02. The number of sulfonamides is 1. The van der Waals surface area contributed by atoms with Crippen molar-refractivity contribution in [3.05, 3.63) is 54.4 Å². The summed E-state index contributed by atoms with van der Waals surface area (Å²) in [6.45, 7) is 0.839. The molecule has 1 heterocycles. The van der Waals surface area contributed by atoms with Crippen molar-refractivity contribution >= 4 is 33.3 Å². The number of hydrogen-bond acceptors (Lipinski definition) is 4. The van der Waals surface area contributed by atoms with Gasteiger partial charge in [-0.3, -0.25) is 4.98 Å². The van der Waals surface area contributed by atoms with Crippen molar-refractivity contribution in [3.63, 3.8) is 0 Å². The van der Waals surface area contributed by atoms with Crippen LogP contribution < -0.4 is 10.6 Å². The summed E-state index contributed by atoms with van der Waals surface area (Å²) < 4.78 is 27.1. The summed E-state index contributed by atoms with van der Waals surface area (Å²) >= 11 is 6.14. The Morgan fingerprint density at radius 3 is 2.50 bits per heavy atom. The van der Waals surface area contributed by atoms with Gasteiger partial charge in [-0.25, -0.2) is 17.5 Å². The molecule has 2 amide bonds. The number of halogens is 1. The average Bonchev–Trinajstić information content (AvgIpc) is 2.75. The standard InChI is InChI=1S/C21H27ClN4O3S/c1-26(15-16-4-6-18(22)7-5-16)30(28,29)20-10-8-19(9-11-20)25-21(27)24-14-17-3-2-12-23-13-17/h2-3,8-13,16,18H,4-7,14-15H2,1H3,(H2,24,25,27). The molecule has 0 atom stereocenters. The van der Waals surface area contributed by atoms with Crippen LogP contribution in [-0.2, 0) is 16.6 Å². The number of rotatable bonds is 7. The fourth-order valence-electron chi connectivity index (χ4n) is 3.52. The van der Waals surface area contributed by atoms with Crippen molar-refractivity contribution in [3.8, 4) is 0 Å². The third-order valence-corrected chi connectivity index (χ3v) is 7.56. The normalized spacial score (nSPS) is 19.4. The maximum Gasteiger partial charge on any atom is 0.319 e. The molecule has 2 aromatic rings. The Morgan fingerprint density at radius 2 is 1.87 bits per heavy atom. The summed E-state index contributed by atoms with van der Waals surface area (Å²) in [5.41, 5.74) is 1.40. The van der Waals surface area contributed by atoms with Gasteiger partial charge in [0, 0.05) is 43.6 Å². The van der Waals surface area contributed by atoms with Crippen molar-refractivity contribution in [2.75, 3.05) is 18.9 Å². The van der Waals surface area contributed by atoms with Gasteiger partial charge >= 0.3 is 6.03 Å². The summed E-state index contributed by atoms with van der Waals surface area (Å²) in [7, 11) is -1.97. The van der Waals surface area contributed by atoms with Crippen LogP contribution in [0.25, 0.3) is 0 Å². The van der Waals surface area contributed by atoms with E-state index in [-0.39, 0.29) is 16.3 Å². The molecule has 0 bridgehead atoms. The van der Waals surface area contributed by atoms with Crippen molar-refractivity contribution in [2.24, 2.45) is 5.92 Å². The largest absolute Gasteiger partial charge is 0.334 e. The number of benzene rings is 1. The summed E-state index contributed by atoms with van der Waals surface area (Å²) in [6.07, 6.45) is 7.11. The molecule has 1 fully saturated rings. The van der Waals surface area contributed by atoms with Gasteiger partial charge in [0.2, 0.25) is 10.0 Å². The molecule has 1 aliphatic carbocycles. The molecule has 0 radical (unpaired) electrons. The number of carbonyl (C=O) groups is 1. The maximum absolute atomic E-state index is 12.9. The highest BCUT2D eigenvalue weighted by Gasteiger charge is 2.26. The Balaban J connectivity index is 1.53. The van der Waals surface area contributed by atoms with Crippen LogP contribution in [0.15, 0.2) is 53.7 Å². The molecular formula is C21H27ClN4O3S. The van der Waals surface area contributed by atoms with Gasteiger partial charge in [0.1, 0.15) is 0 Å². The summed E-state index contributed by atoms with van der Waals surface area (Å²) in [4.78, 5) is 16.2. The lowest BCUT2D eigenvalue weighted by molar-refractivity contribution is 0.251. The van der Waals surface area contributed by atoms with Gasteiger partial charge in [0.15, 0.2) is 0 Å². The Morgan fingerprint density at radius 1 is 1.17 bits per heavy atom. The second kappa shape index (κ2) is 10.2. The Kier molecular flexibility index (Phi) is 7.69. The molecule has 0 spiro atoms. The van der Waals surface area contributed by atoms with E-state index in [4.69, 9.17) is 11.6 Å². The molecule has 0 saturated heterocycles. The predicted molar refractivity (Wildman–Crippen MR) is 118 cm³/mol. The quantitative estimate of drug-likeness (QED) is 0.627. The smallest absolute Gasteiger partial charge is 0.319 e. The molecule has 30 heavy (non-hydrogen) atoms. The number of hydrogen-bond donors (Lipinski definition) is 2. The molecular weight excluding hydrogens is 424 g/mol. The van der Waals surface area contributed by atoms with Crippen molar-refractivity contribution < 1.29 is 13.2 Å². The van der Waals surface area contributed by atoms with Crippen molar-refractivity contribution in [1.29, 1.82) is 0 Å². The molecule has 1 aromatic heterocycles. The molecule has 1 aromatic carbocycles. The van der Waals surface area contributed by atoms with Crippen LogP contribution in [0.4, 0.5) is 10.5 Å². The van der Waals surface area contributed by atoms with Crippen LogP contribution in [0.5, 0.6) is 0 Å². The highest BCUT2D eigenvalue weighted by atomic mass is 35.5. The molecule has 0 unspecified atom stereocenters. The summed E-state index contributed by atoms with van der Waals surface area (Å²) in [5, 5.41) is 5.64. The van der Waals surface area contributed by atoms with E-state index in [9.17, 15) is 13.2 Å². The molecule has 1 saturated carbocycles. The van der Waals surface area contributed by atoms with E-state index in [2.05, 4.69) is 15.6 Å². The minimum Gasteiger partial charge on any atom is -0.334 e. The molecule has 9 heteroatoms. The third kappa shape index (κ3) is 6.17. The van der Waals surface area contributed by atoms with Crippen molar-refractivity contribution in [1.82, 2.24) is 14.6 Å². The topological polar surface area (TPSA) is 91.4 Å². The van der Waals surface area contributed by atoms with Gasteiger partial charge in [-0.1, -0.05) is 6.07 Å². The van der Waals surface area contributed by atoms with Crippen LogP contribution in [0.1, 0.15) is 31.2 Å². The highest BCUT2D eigenvalue weighted by molar-refractivity contribution is 7.89.